The third-order valence-corrected chi connectivity index (χ3v) is 4.58. The van der Waals surface area contributed by atoms with Crippen LogP contribution in [0.4, 0.5) is 0 Å². The molecule has 1 unspecified atom stereocenters. The lowest BCUT2D eigenvalue weighted by Crippen LogP contribution is -2.27. The van der Waals surface area contributed by atoms with Crippen LogP contribution in [-0.2, 0) is 6.54 Å². The fourth-order valence-corrected chi connectivity index (χ4v) is 3.17. The molecule has 1 aromatic heterocycles. The smallest absolute Gasteiger partial charge is 0.249 e. The van der Waals surface area contributed by atoms with Gasteiger partial charge in [-0.15, -0.1) is 11.3 Å². The van der Waals surface area contributed by atoms with Crippen molar-refractivity contribution in [2.75, 3.05) is 13.1 Å². The van der Waals surface area contributed by atoms with Crippen molar-refractivity contribution in [2.45, 2.75) is 26.5 Å². The maximum Gasteiger partial charge on any atom is 0.249 e. The molecule has 0 aliphatic rings. The second-order valence-electron chi connectivity index (χ2n) is 5.42. The summed E-state index contributed by atoms with van der Waals surface area (Å²) in [5, 5.41) is 12.2. The number of primary amides is 1. The molecule has 1 heterocycles. The van der Waals surface area contributed by atoms with Crippen molar-refractivity contribution in [2.24, 2.45) is 5.73 Å². The van der Waals surface area contributed by atoms with Crippen molar-refractivity contribution in [3.05, 3.63) is 57.3 Å². The average Bonchev–Trinajstić information content (AvgIpc) is 2.96. The van der Waals surface area contributed by atoms with Gasteiger partial charge in [-0.05, 0) is 25.1 Å². The number of nitrogens with zero attached hydrogens (tertiary/aromatic N) is 1. The Kier molecular flexibility index (Phi) is 5.71. The first kappa shape index (κ1) is 16.7. The van der Waals surface area contributed by atoms with Crippen molar-refractivity contribution < 1.29 is 9.90 Å². The summed E-state index contributed by atoms with van der Waals surface area (Å²) in [6.07, 6.45) is -0.517. The van der Waals surface area contributed by atoms with Gasteiger partial charge in [0.2, 0.25) is 5.91 Å². The van der Waals surface area contributed by atoms with E-state index in [0.717, 1.165) is 17.0 Å². The van der Waals surface area contributed by atoms with Crippen LogP contribution >= 0.6 is 11.3 Å². The van der Waals surface area contributed by atoms with Gasteiger partial charge in [0.05, 0.1) is 11.7 Å². The molecule has 0 spiro atoms. The predicted octanol–water partition coefficient (Wildman–Crippen LogP) is 2.71. The lowest BCUT2D eigenvalue weighted by molar-refractivity contribution is 0.1000. The molecule has 0 saturated heterocycles. The second kappa shape index (κ2) is 7.54. The number of rotatable bonds is 7. The number of hydrogen-bond donors (Lipinski definition) is 2. The summed E-state index contributed by atoms with van der Waals surface area (Å²) in [6, 6.07) is 9.77. The van der Waals surface area contributed by atoms with Crippen molar-refractivity contribution in [1.29, 1.82) is 0 Å². The van der Waals surface area contributed by atoms with Gasteiger partial charge in [-0.3, -0.25) is 9.69 Å². The van der Waals surface area contributed by atoms with Gasteiger partial charge in [0.1, 0.15) is 0 Å². The van der Waals surface area contributed by atoms with Crippen molar-refractivity contribution in [3.8, 4) is 0 Å². The summed E-state index contributed by atoms with van der Waals surface area (Å²) in [5.74, 6) is -0.398. The topological polar surface area (TPSA) is 66.6 Å². The highest BCUT2D eigenvalue weighted by Gasteiger charge is 2.14. The molecule has 118 valence electrons. The van der Waals surface area contributed by atoms with Gasteiger partial charge in [0.15, 0.2) is 0 Å². The van der Waals surface area contributed by atoms with Gasteiger partial charge in [0, 0.05) is 23.3 Å². The highest BCUT2D eigenvalue weighted by molar-refractivity contribution is 7.10. The highest BCUT2D eigenvalue weighted by atomic mass is 32.1. The molecule has 0 radical (unpaired) electrons. The lowest BCUT2D eigenvalue weighted by atomic mass is 10.1. The Morgan fingerprint density at radius 1 is 1.36 bits per heavy atom. The van der Waals surface area contributed by atoms with Crippen LogP contribution < -0.4 is 5.73 Å². The third kappa shape index (κ3) is 4.40. The summed E-state index contributed by atoms with van der Waals surface area (Å²) in [7, 11) is 0. The number of aliphatic hydroxyl groups excluding tert-OH is 1. The van der Waals surface area contributed by atoms with Crippen molar-refractivity contribution >= 4 is 17.2 Å². The van der Waals surface area contributed by atoms with Crippen LogP contribution in [0.15, 0.2) is 35.7 Å². The van der Waals surface area contributed by atoms with E-state index in [2.05, 4.69) is 11.8 Å². The zero-order valence-corrected chi connectivity index (χ0v) is 13.8. The molecular formula is C17H22N2O2S. The van der Waals surface area contributed by atoms with Crippen LogP contribution in [0.5, 0.6) is 0 Å². The standard InChI is InChI=1S/C17H22N2O2S/c1-3-19(9-15-8-14(11-22-15)17(18)21)10-16(20)13-6-4-12(2)5-7-13/h4-8,11,16,20H,3,9-10H2,1-2H3,(H2,18,21). The van der Waals surface area contributed by atoms with Gasteiger partial charge >= 0.3 is 0 Å². The minimum absolute atomic E-state index is 0.398. The number of nitrogens with two attached hydrogens (primary N) is 1. The van der Waals surface area contributed by atoms with E-state index < -0.39 is 12.0 Å². The first-order chi connectivity index (χ1) is 10.5. The fraction of sp³-hybridized carbons (Fsp3) is 0.353. The molecule has 2 aromatic rings. The molecule has 1 amide bonds. The van der Waals surface area contributed by atoms with Crippen molar-refractivity contribution in [1.82, 2.24) is 4.90 Å². The van der Waals surface area contributed by atoms with Gasteiger partial charge < -0.3 is 10.8 Å². The Hall–Kier alpha value is -1.69. The monoisotopic (exact) mass is 318 g/mol. The summed E-state index contributed by atoms with van der Waals surface area (Å²) >= 11 is 1.52. The Morgan fingerprint density at radius 2 is 2.05 bits per heavy atom. The predicted molar refractivity (Wildman–Crippen MR) is 89.9 cm³/mol. The fourth-order valence-electron chi connectivity index (χ4n) is 2.26. The maximum absolute atomic E-state index is 11.1. The molecule has 4 nitrogen and oxygen atoms in total. The molecule has 0 aliphatic carbocycles. The largest absolute Gasteiger partial charge is 0.387 e. The summed E-state index contributed by atoms with van der Waals surface area (Å²) < 4.78 is 0. The number of hydrogen-bond acceptors (Lipinski definition) is 4. The molecule has 3 N–H and O–H groups in total. The Balaban J connectivity index is 1.98. The van der Waals surface area contributed by atoms with Gasteiger partial charge in [-0.25, -0.2) is 0 Å². The molecule has 2 rings (SSSR count). The second-order valence-corrected chi connectivity index (χ2v) is 6.42. The van der Waals surface area contributed by atoms with Crippen LogP contribution in [0.3, 0.4) is 0 Å². The van der Waals surface area contributed by atoms with E-state index in [1.807, 2.05) is 37.3 Å². The minimum atomic E-state index is -0.517. The van der Waals surface area contributed by atoms with Gasteiger partial charge in [0.25, 0.3) is 0 Å². The van der Waals surface area contributed by atoms with Crippen LogP contribution in [-0.4, -0.2) is 29.0 Å². The number of benzene rings is 1. The zero-order valence-electron chi connectivity index (χ0n) is 13.0. The van der Waals surface area contributed by atoms with Gasteiger partial charge in [-0.1, -0.05) is 36.8 Å². The lowest BCUT2D eigenvalue weighted by Gasteiger charge is -2.23. The van der Waals surface area contributed by atoms with E-state index in [4.69, 9.17) is 5.73 Å². The molecule has 0 saturated carbocycles. The molecule has 1 aromatic carbocycles. The van der Waals surface area contributed by atoms with E-state index in [-0.39, 0.29) is 0 Å². The quantitative estimate of drug-likeness (QED) is 0.825. The SMILES string of the molecule is CCN(Cc1cc(C(N)=O)cs1)CC(O)c1ccc(C)cc1. The number of aliphatic hydroxyl groups is 1. The summed E-state index contributed by atoms with van der Waals surface area (Å²) in [6.45, 7) is 6.18. The zero-order chi connectivity index (χ0) is 16.1. The molecule has 5 heteroatoms. The van der Waals surface area contributed by atoms with Crippen LogP contribution in [0.2, 0.25) is 0 Å². The average molecular weight is 318 g/mol. The number of amides is 1. The number of aryl methyl sites for hydroxylation is 1. The number of thiophene rings is 1. The molecule has 1 atom stereocenters. The molecular weight excluding hydrogens is 296 g/mol. The molecule has 0 aliphatic heterocycles. The van der Waals surface area contributed by atoms with Crippen LogP contribution in [0.1, 0.15) is 39.4 Å². The number of carbonyl (C=O) groups excluding carboxylic acids is 1. The van der Waals surface area contributed by atoms with E-state index in [9.17, 15) is 9.90 Å². The molecule has 0 bridgehead atoms. The Labute approximate surface area is 135 Å². The van der Waals surface area contributed by atoms with Gasteiger partial charge in [-0.2, -0.15) is 0 Å². The highest BCUT2D eigenvalue weighted by Crippen LogP contribution is 2.19. The first-order valence-corrected chi connectivity index (χ1v) is 8.21. The van der Waals surface area contributed by atoms with Crippen molar-refractivity contribution in [3.63, 3.8) is 0 Å². The normalized spacial score (nSPS) is 12.5. The van der Waals surface area contributed by atoms with E-state index in [1.54, 1.807) is 5.38 Å². The van der Waals surface area contributed by atoms with E-state index in [0.29, 0.717) is 18.7 Å². The number of likely N-dealkylation sites (N-methyl/N-ethyl adjacent to an activating group) is 1. The first-order valence-electron chi connectivity index (χ1n) is 7.33. The van der Waals surface area contributed by atoms with E-state index in [1.165, 1.54) is 16.9 Å². The molecule has 22 heavy (non-hydrogen) atoms. The maximum atomic E-state index is 11.1. The Bertz CT molecular complexity index is 622. The van der Waals surface area contributed by atoms with Crippen LogP contribution in [0, 0.1) is 6.92 Å². The summed E-state index contributed by atoms with van der Waals surface area (Å²) in [4.78, 5) is 14.4. The summed E-state index contributed by atoms with van der Waals surface area (Å²) in [5.41, 5.74) is 7.93. The minimum Gasteiger partial charge on any atom is -0.387 e. The number of carbonyl (C=O) groups is 1. The third-order valence-electron chi connectivity index (χ3n) is 3.66. The Morgan fingerprint density at radius 3 is 2.59 bits per heavy atom. The molecule has 0 fully saturated rings. The van der Waals surface area contributed by atoms with E-state index >= 15 is 0 Å². The van der Waals surface area contributed by atoms with Crippen LogP contribution in [0.25, 0.3) is 0 Å².